The molecule has 0 saturated heterocycles. The molecule has 3 rings (SSSR count). The molecule has 1 aromatic heterocycles. The molecule has 0 aliphatic heterocycles. The maximum absolute atomic E-state index is 13.9. The predicted molar refractivity (Wildman–Crippen MR) is 79.4 cm³/mol. The van der Waals surface area contributed by atoms with Gasteiger partial charge in [-0.1, -0.05) is 42.8 Å². The van der Waals surface area contributed by atoms with E-state index in [0.29, 0.717) is 18.2 Å². The Hall–Kier alpha value is -1.47. The molecule has 1 aliphatic rings. The number of tetrazole rings is 1. The van der Waals surface area contributed by atoms with Crippen molar-refractivity contribution in [2.24, 2.45) is 5.73 Å². The zero-order chi connectivity index (χ0) is 14.7. The van der Waals surface area contributed by atoms with Crippen molar-refractivity contribution in [2.75, 3.05) is 6.54 Å². The van der Waals surface area contributed by atoms with Crippen molar-refractivity contribution in [1.82, 2.24) is 20.2 Å². The molecule has 0 amide bonds. The fourth-order valence-corrected chi connectivity index (χ4v) is 3.79. The van der Waals surface area contributed by atoms with Crippen LogP contribution < -0.4 is 5.73 Å². The summed E-state index contributed by atoms with van der Waals surface area (Å²) in [5.74, 6) is -0.236. The summed E-state index contributed by atoms with van der Waals surface area (Å²) >= 11 is 1.44. The first-order valence-corrected chi connectivity index (χ1v) is 8.06. The lowest BCUT2D eigenvalue weighted by atomic mass is 10.1. The Bertz CT molecular complexity index is 597. The van der Waals surface area contributed by atoms with Crippen molar-refractivity contribution in [3.8, 4) is 0 Å². The van der Waals surface area contributed by atoms with Gasteiger partial charge in [0.05, 0.1) is 11.3 Å². The van der Waals surface area contributed by atoms with Gasteiger partial charge < -0.3 is 5.73 Å². The van der Waals surface area contributed by atoms with E-state index in [1.54, 1.807) is 12.1 Å². The van der Waals surface area contributed by atoms with Crippen LogP contribution in [0.4, 0.5) is 4.39 Å². The van der Waals surface area contributed by atoms with Crippen LogP contribution >= 0.6 is 11.8 Å². The summed E-state index contributed by atoms with van der Waals surface area (Å²) in [6, 6.07) is 7.09. The fourth-order valence-electron chi connectivity index (χ4n) is 2.74. The second-order valence-electron chi connectivity index (χ2n) is 5.21. The summed E-state index contributed by atoms with van der Waals surface area (Å²) in [5, 5.41) is 12.5. The van der Waals surface area contributed by atoms with E-state index in [4.69, 9.17) is 5.73 Å². The first kappa shape index (κ1) is 14.5. The lowest BCUT2D eigenvalue weighted by molar-refractivity contribution is 0.422. The van der Waals surface area contributed by atoms with Crippen LogP contribution in [0.25, 0.3) is 0 Å². The van der Waals surface area contributed by atoms with Crippen LogP contribution in [-0.2, 0) is 0 Å². The van der Waals surface area contributed by atoms with Gasteiger partial charge in [-0.3, -0.25) is 0 Å². The molecule has 0 radical (unpaired) electrons. The number of aromatic nitrogens is 4. The van der Waals surface area contributed by atoms with Gasteiger partial charge in [-0.05, 0) is 29.3 Å². The lowest BCUT2D eigenvalue weighted by Crippen LogP contribution is -2.14. The van der Waals surface area contributed by atoms with Gasteiger partial charge in [0, 0.05) is 12.1 Å². The summed E-state index contributed by atoms with van der Waals surface area (Å²) in [6.45, 7) is 0.336. The molecule has 1 heterocycles. The highest BCUT2D eigenvalue weighted by Crippen LogP contribution is 2.37. The Labute approximate surface area is 127 Å². The molecule has 1 aliphatic carbocycles. The Morgan fingerprint density at radius 2 is 2.10 bits per heavy atom. The molecule has 112 valence electrons. The molecule has 1 saturated carbocycles. The van der Waals surface area contributed by atoms with Crippen LogP contribution in [0.2, 0.25) is 0 Å². The highest BCUT2D eigenvalue weighted by molar-refractivity contribution is 7.99. The van der Waals surface area contributed by atoms with Gasteiger partial charge in [-0.2, -0.15) is 0 Å². The molecule has 2 aromatic rings. The van der Waals surface area contributed by atoms with Crippen molar-refractivity contribution in [2.45, 2.75) is 42.1 Å². The number of halogens is 1. The van der Waals surface area contributed by atoms with Gasteiger partial charge >= 0.3 is 0 Å². The van der Waals surface area contributed by atoms with E-state index in [9.17, 15) is 4.39 Å². The SMILES string of the molecule is NCC(Sc1nnnn1C1CCCC1)c1ccccc1F. The van der Waals surface area contributed by atoms with Gasteiger partial charge in [0.1, 0.15) is 5.82 Å². The van der Waals surface area contributed by atoms with E-state index in [1.807, 2.05) is 10.7 Å². The van der Waals surface area contributed by atoms with E-state index in [1.165, 1.54) is 30.7 Å². The molecule has 0 spiro atoms. The highest BCUT2D eigenvalue weighted by Gasteiger charge is 2.24. The number of hydrogen-bond acceptors (Lipinski definition) is 5. The Kier molecular flexibility index (Phi) is 4.50. The van der Waals surface area contributed by atoms with Crippen molar-refractivity contribution < 1.29 is 4.39 Å². The third kappa shape index (κ3) is 3.08. The molecule has 0 bridgehead atoms. The van der Waals surface area contributed by atoms with Crippen molar-refractivity contribution in [3.63, 3.8) is 0 Å². The van der Waals surface area contributed by atoms with Crippen LogP contribution in [0, 0.1) is 5.82 Å². The largest absolute Gasteiger partial charge is 0.329 e. The molecule has 5 nitrogen and oxygen atoms in total. The maximum atomic E-state index is 13.9. The zero-order valence-corrected chi connectivity index (χ0v) is 12.5. The monoisotopic (exact) mass is 307 g/mol. The summed E-state index contributed by atoms with van der Waals surface area (Å²) in [6.07, 6.45) is 4.63. The quantitative estimate of drug-likeness (QED) is 0.860. The van der Waals surface area contributed by atoms with E-state index in [0.717, 1.165) is 18.0 Å². The van der Waals surface area contributed by atoms with E-state index >= 15 is 0 Å². The number of benzene rings is 1. The molecule has 1 fully saturated rings. The maximum Gasteiger partial charge on any atom is 0.210 e. The van der Waals surface area contributed by atoms with E-state index in [-0.39, 0.29) is 11.1 Å². The zero-order valence-electron chi connectivity index (χ0n) is 11.7. The summed E-state index contributed by atoms with van der Waals surface area (Å²) in [5.41, 5.74) is 6.43. The Morgan fingerprint density at radius 1 is 1.33 bits per heavy atom. The topological polar surface area (TPSA) is 69.6 Å². The second kappa shape index (κ2) is 6.53. The van der Waals surface area contributed by atoms with Gasteiger partial charge in [-0.25, -0.2) is 9.07 Å². The minimum Gasteiger partial charge on any atom is -0.329 e. The van der Waals surface area contributed by atoms with Crippen LogP contribution in [0.15, 0.2) is 29.4 Å². The second-order valence-corrected chi connectivity index (χ2v) is 6.38. The van der Waals surface area contributed by atoms with Crippen LogP contribution in [0.1, 0.15) is 42.5 Å². The molecule has 21 heavy (non-hydrogen) atoms. The molecule has 1 atom stereocenters. The molecule has 7 heteroatoms. The third-order valence-electron chi connectivity index (χ3n) is 3.85. The summed E-state index contributed by atoms with van der Waals surface area (Å²) in [4.78, 5) is 0. The molecule has 1 unspecified atom stereocenters. The van der Waals surface area contributed by atoms with Gasteiger partial charge in [0.25, 0.3) is 0 Å². The third-order valence-corrected chi connectivity index (χ3v) is 5.06. The minimum absolute atomic E-state index is 0.183. The first-order chi connectivity index (χ1) is 10.3. The molecular formula is C14H18FN5S. The first-order valence-electron chi connectivity index (χ1n) is 7.18. The van der Waals surface area contributed by atoms with Gasteiger partial charge in [-0.15, -0.1) is 5.10 Å². The van der Waals surface area contributed by atoms with E-state index in [2.05, 4.69) is 15.5 Å². The van der Waals surface area contributed by atoms with Crippen LogP contribution in [0.3, 0.4) is 0 Å². The summed E-state index contributed by atoms with van der Waals surface area (Å²) < 4.78 is 15.8. The van der Waals surface area contributed by atoms with Crippen molar-refractivity contribution in [3.05, 3.63) is 35.6 Å². The average Bonchev–Trinajstić information content (AvgIpc) is 3.16. The number of rotatable bonds is 5. The number of nitrogens with zero attached hydrogens (tertiary/aromatic N) is 4. The molecule has 2 N–H and O–H groups in total. The van der Waals surface area contributed by atoms with Gasteiger partial charge in [0.15, 0.2) is 0 Å². The van der Waals surface area contributed by atoms with Crippen molar-refractivity contribution >= 4 is 11.8 Å². The molecule has 1 aromatic carbocycles. The summed E-state index contributed by atoms with van der Waals surface area (Å²) in [7, 11) is 0. The number of thioether (sulfide) groups is 1. The van der Waals surface area contributed by atoms with Gasteiger partial charge in [0.2, 0.25) is 5.16 Å². The van der Waals surface area contributed by atoms with E-state index < -0.39 is 0 Å². The van der Waals surface area contributed by atoms with Crippen LogP contribution in [-0.4, -0.2) is 26.8 Å². The minimum atomic E-state index is -0.236. The Balaban J connectivity index is 1.82. The normalized spacial score (nSPS) is 17.2. The van der Waals surface area contributed by atoms with Crippen LogP contribution in [0.5, 0.6) is 0 Å². The fraction of sp³-hybridized carbons (Fsp3) is 0.500. The predicted octanol–water partition coefficient (Wildman–Crippen LogP) is 2.72. The molecular weight excluding hydrogens is 289 g/mol. The smallest absolute Gasteiger partial charge is 0.210 e. The number of hydrogen-bond donors (Lipinski definition) is 1. The average molecular weight is 307 g/mol. The standard InChI is InChI=1S/C14H18FN5S/c15-12-8-4-3-7-11(12)13(9-16)21-14-17-18-19-20(14)10-5-1-2-6-10/h3-4,7-8,10,13H,1-2,5-6,9,16H2. The number of nitrogens with two attached hydrogens (primary N) is 1. The highest BCUT2D eigenvalue weighted by atomic mass is 32.2. The Morgan fingerprint density at radius 3 is 2.81 bits per heavy atom. The van der Waals surface area contributed by atoms with Crippen molar-refractivity contribution in [1.29, 1.82) is 0 Å². The lowest BCUT2D eigenvalue weighted by Gasteiger charge is -2.16.